The number of alkyl halides is 3. The monoisotopic (exact) mass is 858 g/mol. The Morgan fingerprint density at radius 3 is 1.53 bits per heavy atom. The molecule has 0 N–H and O–H groups in total. The van der Waals surface area contributed by atoms with Crippen molar-refractivity contribution in [2.24, 2.45) is 0 Å². The predicted octanol–water partition coefficient (Wildman–Crippen LogP) is 15.9. The van der Waals surface area contributed by atoms with Gasteiger partial charge in [-0.15, -0.1) is 0 Å². The summed E-state index contributed by atoms with van der Waals surface area (Å²) in [6.07, 6.45) is -4.74. The second-order valence-corrected chi connectivity index (χ2v) is 16.7. The number of benzene rings is 9. The highest BCUT2D eigenvalue weighted by molar-refractivity contribution is 6.12. The van der Waals surface area contributed by atoms with E-state index in [1.54, 1.807) is 18.2 Å². The Labute approximate surface area is 378 Å². The molecule has 0 unspecified atom stereocenters. The van der Waals surface area contributed by atoms with E-state index in [1.807, 2.05) is 78.9 Å². The highest BCUT2D eigenvalue weighted by atomic mass is 19.4. The molecule has 0 bridgehead atoms. The van der Waals surface area contributed by atoms with Gasteiger partial charge in [0.25, 0.3) is 0 Å². The van der Waals surface area contributed by atoms with Gasteiger partial charge in [0, 0.05) is 38.4 Å². The van der Waals surface area contributed by atoms with Gasteiger partial charge in [0.1, 0.15) is 0 Å². The lowest BCUT2D eigenvalue weighted by atomic mass is 9.91. The van der Waals surface area contributed by atoms with Crippen molar-refractivity contribution in [2.75, 3.05) is 0 Å². The van der Waals surface area contributed by atoms with E-state index in [0.29, 0.717) is 27.9 Å². The first-order valence-corrected chi connectivity index (χ1v) is 21.6. The van der Waals surface area contributed by atoms with Gasteiger partial charge in [0.2, 0.25) is 0 Å². The van der Waals surface area contributed by atoms with Crippen LogP contribution in [-0.4, -0.2) is 9.13 Å². The second-order valence-electron chi connectivity index (χ2n) is 16.7. The zero-order valence-electron chi connectivity index (χ0n) is 35.8. The van der Waals surface area contributed by atoms with E-state index in [4.69, 9.17) is 0 Å². The van der Waals surface area contributed by atoms with E-state index in [1.165, 1.54) is 17.7 Å². The van der Waals surface area contributed by atoms with Gasteiger partial charge in [0.05, 0.1) is 56.6 Å². The number of para-hydroxylation sites is 2. The fourth-order valence-electron chi connectivity index (χ4n) is 9.82. The summed E-state index contributed by atoms with van der Waals surface area (Å²) in [5.41, 5.74) is 12.7. The molecule has 9 aromatic carbocycles. The summed E-state index contributed by atoms with van der Waals surface area (Å²) in [7, 11) is 0. The molecule has 0 radical (unpaired) electrons. The molecule has 0 fully saturated rings. The number of hydrogen-bond donors (Lipinski definition) is 0. The Bertz CT molecular complexity index is 3870. The predicted molar refractivity (Wildman–Crippen MR) is 261 cm³/mol. The molecule has 2 heterocycles. The van der Waals surface area contributed by atoms with Crippen LogP contribution in [0.25, 0.3) is 99.5 Å². The van der Waals surface area contributed by atoms with E-state index in [9.17, 15) is 23.7 Å². The molecule has 11 aromatic rings. The lowest BCUT2D eigenvalue weighted by Crippen LogP contribution is -2.08. The van der Waals surface area contributed by atoms with E-state index < -0.39 is 11.7 Å². The summed E-state index contributed by atoms with van der Waals surface area (Å²) in [5, 5.41) is 24.6. The van der Waals surface area contributed by atoms with Crippen LogP contribution in [0.2, 0.25) is 0 Å². The average Bonchev–Trinajstić information content (AvgIpc) is 3.85. The molecule has 0 atom stereocenters. The number of nitrogens with zero attached hydrogens (tertiary/aromatic N) is 4. The number of nitriles is 2. The van der Waals surface area contributed by atoms with Crippen molar-refractivity contribution in [3.8, 4) is 68.0 Å². The largest absolute Gasteiger partial charge is 0.417 e. The number of aryl methyl sites for hydroxylation is 2. The molecular formula is C59H37F3N4. The van der Waals surface area contributed by atoms with Gasteiger partial charge in [-0.1, -0.05) is 109 Å². The van der Waals surface area contributed by atoms with Crippen LogP contribution < -0.4 is 0 Å². The van der Waals surface area contributed by atoms with E-state index >= 15 is 0 Å². The number of hydrogen-bond acceptors (Lipinski definition) is 2. The van der Waals surface area contributed by atoms with Crippen LogP contribution in [-0.2, 0) is 6.18 Å². The minimum atomic E-state index is -4.74. The van der Waals surface area contributed by atoms with Gasteiger partial charge in [-0.05, 0) is 137 Å². The maximum atomic E-state index is 14.9. The maximum absolute atomic E-state index is 14.9. The fourth-order valence-corrected chi connectivity index (χ4v) is 9.82. The minimum absolute atomic E-state index is 0.0686. The number of rotatable bonds is 6. The van der Waals surface area contributed by atoms with Crippen LogP contribution in [0, 0.1) is 36.5 Å². The lowest BCUT2D eigenvalue weighted by molar-refractivity contribution is -0.137. The van der Waals surface area contributed by atoms with Crippen LogP contribution >= 0.6 is 0 Å². The normalized spacial score (nSPS) is 11.7. The molecule has 0 aliphatic heterocycles. The van der Waals surface area contributed by atoms with Crippen molar-refractivity contribution in [1.29, 1.82) is 10.5 Å². The summed E-state index contributed by atoms with van der Waals surface area (Å²) in [4.78, 5) is 0. The summed E-state index contributed by atoms with van der Waals surface area (Å²) in [6, 6.07) is 64.8. The molecule has 0 saturated heterocycles. The van der Waals surface area contributed by atoms with Crippen molar-refractivity contribution in [3.63, 3.8) is 0 Å². The summed E-state index contributed by atoms with van der Waals surface area (Å²) in [6.45, 7) is 4.20. The van der Waals surface area contributed by atoms with Crippen molar-refractivity contribution in [3.05, 3.63) is 216 Å². The second kappa shape index (κ2) is 15.6. The molecule has 66 heavy (non-hydrogen) atoms. The number of halogens is 3. The van der Waals surface area contributed by atoms with Gasteiger partial charge in [0.15, 0.2) is 0 Å². The molecule has 0 aliphatic carbocycles. The number of aromatic nitrogens is 2. The zero-order chi connectivity index (χ0) is 45.3. The Hall–Kier alpha value is -8.65. The topological polar surface area (TPSA) is 57.4 Å². The van der Waals surface area contributed by atoms with Crippen molar-refractivity contribution < 1.29 is 13.2 Å². The molecule has 314 valence electrons. The highest BCUT2D eigenvalue weighted by Crippen LogP contribution is 2.44. The SMILES string of the molecule is Cc1ccccc1-c1ccc2c(c1)c1ccccc1n2-c1ccc(C#N)c(-c2cc(-c3ccc(C#N)cc3C(F)(F)F)ccc2-n2c3ccccc3c3cc(-c4ccccc4C)ccc32)c1. The maximum Gasteiger partial charge on any atom is 0.417 e. The zero-order valence-corrected chi connectivity index (χ0v) is 35.8. The Morgan fingerprint density at radius 2 is 0.939 bits per heavy atom. The molecule has 7 heteroatoms. The Kier molecular flexibility index (Phi) is 9.46. The third kappa shape index (κ3) is 6.52. The minimum Gasteiger partial charge on any atom is -0.309 e. The van der Waals surface area contributed by atoms with Crippen molar-refractivity contribution >= 4 is 43.6 Å². The molecule has 0 amide bonds. The van der Waals surface area contributed by atoms with Gasteiger partial charge < -0.3 is 9.13 Å². The van der Waals surface area contributed by atoms with Crippen LogP contribution in [0.1, 0.15) is 27.8 Å². The Balaban J connectivity index is 1.19. The first-order chi connectivity index (χ1) is 32.1. The third-order valence-electron chi connectivity index (χ3n) is 12.9. The van der Waals surface area contributed by atoms with Crippen LogP contribution in [0.5, 0.6) is 0 Å². The van der Waals surface area contributed by atoms with E-state index in [0.717, 1.165) is 83.2 Å². The molecule has 0 saturated carbocycles. The summed E-state index contributed by atoms with van der Waals surface area (Å²) in [5.74, 6) is 0. The number of fused-ring (bicyclic) bond motifs is 6. The summed E-state index contributed by atoms with van der Waals surface area (Å²) < 4.78 is 49.0. The fraction of sp³-hybridized carbons (Fsp3) is 0.0508. The van der Waals surface area contributed by atoms with Gasteiger partial charge in [-0.25, -0.2) is 0 Å². The highest BCUT2D eigenvalue weighted by Gasteiger charge is 2.34. The van der Waals surface area contributed by atoms with Crippen molar-refractivity contribution in [2.45, 2.75) is 20.0 Å². The van der Waals surface area contributed by atoms with Crippen LogP contribution in [0.4, 0.5) is 13.2 Å². The van der Waals surface area contributed by atoms with Gasteiger partial charge in [-0.2, -0.15) is 23.7 Å². The molecule has 4 nitrogen and oxygen atoms in total. The first-order valence-electron chi connectivity index (χ1n) is 21.6. The van der Waals surface area contributed by atoms with E-state index in [-0.39, 0.29) is 11.1 Å². The quantitative estimate of drug-likeness (QED) is 0.167. The molecule has 11 rings (SSSR count). The lowest BCUT2D eigenvalue weighted by Gasteiger charge is -2.20. The van der Waals surface area contributed by atoms with Gasteiger partial charge >= 0.3 is 6.18 Å². The van der Waals surface area contributed by atoms with Crippen molar-refractivity contribution in [1.82, 2.24) is 9.13 Å². The molecule has 2 aromatic heterocycles. The van der Waals surface area contributed by atoms with Crippen LogP contribution in [0.3, 0.4) is 0 Å². The van der Waals surface area contributed by atoms with Crippen LogP contribution in [0.15, 0.2) is 188 Å². The molecular weight excluding hydrogens is 822 g/mol. The average molecular weight is 859 g/mol. The van der Waals surface area contributed by atoms with E-state index in [2.05, 4.69) is 108 Å². The smallest absolute Gasteiger partial charge is 0.309 e. The Morgan fingerprint density at radius 1 is 0.409 bits per heavy atom. The molecule has 0 spiro atoms. The molecule has 0 aliphatic rings. The third-order valence-corrected chi connectivity index (χ3v) is 12.9. The summed E-state index contributed by atoms with van der Waals surface area (Å²) >= 11 is 0. The van der Waals surface area contributed by atoms with Gasteiger partial charge in [-0.3, -0.25) is 0 Å². The standard InChI is InChI=1S/C59H37F3N4/c1-36-11-3-5-13-44(36)39-21-26-56-50(30-39)47-15-7-9-17-54(47)65(56)43-24-20-42(35-64)49(33-43)52-32-41(46-25-19-38(34-63)29-53(46)59(60,61)62)23-28-58(52)66-55-18-10-8-16-48(55)51-31-40(22-27-57(51)66)45-14-6-4-12-37(45)2/h3-33H,1-2H3. The first kappa shape index (κ1) is 40.1.